The minimum atomic E-state index is -0.501. The van der Waals surface area contributed by atoms with E-state index in [9.17, 15) is 4.79 Å². The van der Waals surface area contributed by atoms with E-state index in [1.807, 2.05) is 45.8 Å². The van der Waals surface area contributed by atoms with Gasteiger partial charge in [-0.1, -0.05) is 49.9 Å². The summed E-state index contributed by atoms with van der Waals surface area (Å²) < 4.78 is 13.7. The number of aryl methyl sites for hydroxylation is 2. The highest BCUT2D eigenvalue weighted by Crippen LogP contribution is 2.45. The van der Waals surface area contributed by atoms with Gasteiger partial charge in [-0.05, 0) is 77.5 Å². The van der Waals surface area contributed by atoms with Crippen LogP contribution in [-0.4, -0.2) is 56.7 Å². The van der Waals surface area contributed by atoms with Gasteiger partial charge >= 0.3 is 6.09 Å². The average molecular weight is 643 g/mol. The number of aromatic nitrogens is 2. The van der Waals surface area contributed by atoms with Gasteiger partial charge in [0.25, 0.3) is 0 Å². The molecule has 1 atom stereocenters. The first-order valence-corrected chi connectivity index (χ1v) is 16.6. The van der Waals surface area contributed by atoms with Crippen LogP contribution >= 0.6 is 23.4 Å². The van der Waals surface area contributed by atoms with Crippen molar-refractivity contribution in [1.82, 2.24) is 14.7 Å². The van der Waals surface area contributed by atoms with Crippen molar-refractivity contribution in [1.29, 1.82) is 0 Å². The number of likely N-dealkylation sites (tertiary alicyclic amines) is 1. The highest BCUT2D eigenvalue weighted by molar-refractivity contribution is 8.00. The van der Waals surface area contributed by atoms with E-state index >= 15 is 0 Å². The number of hydrogen-bond acceptors (Lipinski definition) is 7. The number of carbonyl (C=O) groups excluding carboxylic acids is 1. The molecule has 1 aromatic carbocycles. The van der Waals surface area contributed by atoms with Crippen molar-refractivity contribution in [3.8, 4) is 5.75 Å². The van der Waals surface area contributed by atoms with Crippen LogP contribution in [0.4, 0.5) is 16.2 Å². The first-order chi connectivity index (χ1) is 20.6. The van der Waals surface area contributed by atoms with Crippen molar-refractivity contribution in [3.63, 3.8) is 0 Å². The van der Waals surface area contributed by atoms with Crippen LogP contribution in [0.5, 0.6) is 5.75 Å². The van der Waals surface area contributed by atoms with Crippen molar-refractivity contribution in [2.24, 2.45) is 12.0 Å². The molecule has 2 N–H and O–H groups in total. The maximum Gasteiger partial charge on any atom is 0.410 e. The summed E-state index contributed by atoms with van der Waals surface area (Å²) in [6.07, 6.45) is 6.12. The molecule has 3 heterocycles. The molecule has 1 amide bonds. The number of allylic oxidation sites excluding steroid dienone is 1. The second kappa shape index (κ2) is 13.9. The Labute approximate surface area is 271 Å². The lowest BCUT2D eigenvalue weighted by atomic mass is 9.82. The highest BCUT2D eigenvalue weighted by atomic mass is 35.5. The summed E-state index contributed by atoms with van der Waals surface area (Å²) >= 11 is 8.28. The summed E-state index contributed by atoms with van der Waals surface area (Å²) in [5.74, 6) is 2.09. The molecule has 1 fully saturated rings. The van der Waals surface area contributed by atoms with Crippen molar-refractivity contribution in [3.05, 3.63) is 52.5 Å². The number of nitrogens with one attached hydrogen (secondary N) is 2. The molecule has 0 bridgehead atoms. The maximum atomic E-state index is 12.6. The molecule has 0 saturated carbocycles. The number of benzene rings is 1. The fourth-order valence-electron chi connectivity index (χ4n) is 5.68. The number of halogens is 1. The second-order valence-corrected chi connectivity index (χ2v) is 14.8. The highest BCUT2D eigenvalue weighted by Gasteiger charge is 2.33. The van der Waals surface area contributed by atoms with E-state index in [-0.39, 0.29) is 12.2 Å². The van der Waals surface area contributed by atoms with E-state index < -0.39 is 5.60 Å². The fraction of sp³-hybridized carbons (Fsp3) is 0.545. The van der Waals surface area contributed by atoms with Gasteiger partial charge in [0, 0.05) is 43.6 Å². The Morgan fingerprint density at radius 2 is 1.95 bits per heavy atom. The van der Waals surface area contributed by atoms with Gasteiger partial charge < -0.3 is 25.0 Å². The summed E-state index contributed by atoms with van der Waals surface area (Å²) in [6.45, 7) is 21.6. The molecule has 2 aliphatic heterocycles. The van der Waals surface area contributed by atoms with Crippen LogP contribution in [0.2, 0.25) is 0 Å². The van der Waals surface area contributed by atoms with Gasteiger partial charge in [0.1, 0.15) is 28.3 Å². The molecule has 0 spiro atoms. The van der Waals surface area contributed by atoms with Gasteiger partial charge in [-0.25, -0.2) is 9.79 Å². The monoisotopic (exact) mass is 642 g/mol. The third-order valence-electron chi connectivity index (χ3n) is 7.40. The number of hydrogen-bond donors (Lipinski definition) is 2. The quantitative estimate of drug-likeness (QED) is 0.170. The summed E-state index contributed by atoms with van der Waals surface area (Å²) in [5.41, 5.74) is 4.90. The van der Waals surface area contributed by atoms with Crippen LogP contribution in [0.25, 0.3) is 0 Å². The number of amides is 1. The maximum absolute atomic E-state index is 12.6. The summed E-state index contributed by atoms with van der Waals surface area (Å²) in [7, 11) is 1.89. The van der Waals surface area contributed by atoms with E-state index in [0.29, 0.717) is 40.9 Å². The van der Waals surface area contributed by atoms with E-state index in [4.69, 9.17) is 26.1 Å². The number of carbonyl (C=O) groups is 1. The molecule has 0 radical (unpaired) electrons. The molecule has 11 heteroatoms. The SMILES string of the molecule is C=C(/N=C(Nc1cn(C)nc1SC(C)C)\C(Cl)=C/C)Nc1cc(C)c(C2CCN(C(=O)OC(C)(C)C)CC2)c2c1O[C@H](C)C2. The molecular weight excluding hydrogens is 596 g/mol. The predicted molar refractivity (Wildman–Crippen MR) is 182 cm³/mol. The van der Waals surface area contributed by atoms with E-state index in [2.05, 4.69) is 56.1 Å². The number of rotatable bonds is 8. The Balaban J connectivity index is 1.55. The number of anilines is 2. The van der Waals surface area contributed by atoms with Crippen molar-refractivity contribution in [2.75, 3.05) is 23.7 Å². The van der Waals surface area contributed by atoms with Gasteiger partial charge in [0.15, 0.2) is 5.84 Å². The number of ether oxygens (including phenoxy) is 2. The molecule has 2 aliphatic rings. The third-order valence-corrected chi connectivity index (χ3v) is 8.79. The fourth-order valence-corrected chi connectivity index (χ4v) is 6.62. The van der Waals surface area contributed by atoms with E-state index in [1.54, 1.807) is 22.5 Å². The van der Waals surface area contributed by atoms with Crippen LogP contribution in [0.1, 0.15) is 83.9 Å². The lowest BCUT2D eigenvalue weighted by molar-refractivity contribution is 0.0204. The van der Waals surface area contributed by atoms with Crippen LogP contribution in [-0.2, 0) is 18.2 Å². The first kappa shape index (κ1) is 33.8. The lowest BCUT2D eigenvalue weighted by Crippen LogP contribution is -2.41. The zero-order valence-corrected chi connectivity index (χ0v) is 29.1. The second-order valence-electron chi connectivity index (χ2n) is 12.8. The standard InChI is InChI=1S/C33H47ClN6O3S/c1-11-25(34)30(37-27-18-39(10)38-31(27)44-19(2)3)36-22(6)35-26-16-20(4)28(24-17-21(5)42-29(24)26)23-12-14-40(15-13-23)32(41)43-33(7,8)9/h11,16,18-19,21,23,35H,6,12-15,17H2,1-5,7-10H3,(H,36,37)/b25-11+/t21-/m1/s1. The van der Waals surface area contributed by atoms with Crippen LogP contribution in [0.3, 0.4) is 0 Å². The Kier molecular flexibility index (Phi) is 10.7. The zero-order valence-electron chi connectivity index (χ0n) is 27.5. The lowest BCUT2D eigenvalue weighted by Gasteiger charge is -2.34. The minimum Gasteiger partial charge on any atom is -0.488 e. The van der Waals surface area contributed by atoms with Crippen molar-refractivity contribution >= 4 is 46.7 Å². The van der Waals surface area contributed by atoms with Crippen LogP contribution in [0.15, 0.2) is 45.8 Å². The van der Waals surface area contributed by atoms with Gasteiger partial charge in [-0.2, -0.15) is 5.10 Å². The van der Waals surface area contributed by atoms with Gasteiger partial charge in [-0.3, -0.25) is 4.68 Å². The molecule has 2 aromatic rings. The summed E-state index contributed by atoms with van der Waals surface area (Å²) in [4.78, 5) is 19.2. The number of amidine groups is 1. The Morgan fingerprint density at radius 1 is 1.27 bits per heavy atom. The van der Waals surface area contributed by atoms with Gasteiger partial charge in [-0.15, -0.1) is 0 Å². The normalized spacial score (nSPS) is 17.9. The topological polar surface area (TPSA) is 93.0 Å². The van der Waals surface area contributed by atoms with Gasteiger partial charge in [0.2, 0.25) is 0 Å². The minimum absolute atomic E-state index is 0.0573. The Morgan fingerprint density at radius 3 is 2.57 bits per heavy atom. The molecule has 0 aliphatic carbocycles. The molecule has 0 unspecified atom stereocenters. The van der Waals surface area contributed by atoms with Crippen LogP contribution < -0.4 is 15.4 Å². The van der Waals surface area contributed by atoms with E-state index in [1.165, 1.54) is 16.7 Å². The molecule has 4 rings (SSSR count). The van der Waals surface area contributed by atoms with Gasteiger partial charge in [0.05, 0.1) is 16.4 Å². The first-order valence-electron chi connectivity index (χ1n) is 15.3. The number of piperidine rings is 1. The number of aliphatic imine (C=N–C) groups is 1. The molecule has 9 nitrogen and oxygen atoms in total. The molecule has 240 valence electrons. The molecule has 1 saturated heterocycles. The number of thioether (sulfide) groups is 1. The van der Waals surface area contributed by atoms with Crippen molar-refractivity contribution < 1.29 is 14.3 Å². The third kappa shape index (κ3) is 8.33. The Hall–Kier alpha value is -3.11. The summed E-state index contributed by atoms with van der Waals surface area (Å²) in [6, 6.07) is 2.12. The molecule has 44 heavy (non-hydrogen) atoms. The average Bonchev–Trinajstić information content (AvgIpc) is 3.47. The van der Waals surface area contributed by atoms with Crippen LogP contribution in [0, 0.1) is 6.92 Å². The predicted octanol–water partition coefficient (Wildman–Crippen LogP) is 8.20. The largest absolute Gasteiger partial charge is 0.488 e. The van der Waals surface area contributed by atoms with E-state index in [0.717, 1.165) is 41.4 Å². The zero-order chi connectivity index (χ0) is 32.3. The number of nitrogens with zero attached hydrogens (tertiary/aromatic N) is 4. The smallest absolute Gasteiger partial charge is 0.410 e. The van der Waals surface area contributed by atoms with Crippen molar-refractivity contribution in [2.45, 2.75) is 103 Å². The number of fused-ring (bicyclic) bond motifs is 1. The molecule has 1 aromatic heterocycles. The summed E-state index contributed by atoms with van der Waals surface area (Å²) in [5, 5.41) is 13.1. The Bertz CT molecular complexity index is 1450. The molecular formula is C33H47ClN6O3S.